The molecule has 4 heteroatoms. The first-order valence-electron chi connectivity index (χ1n) is 3.60. The van der Waals surface area contributed by atoms with E-state index in [4.69, 9.17) is 5.11 Å². The first kappa shape index (κ1) is 10.2. The number of rotatable bonds is 3. The molecule has 0 aliphatic heterocycles. The Balaban J connectivity index is 2.78. The zero-order valence-electron chi connectivity index (χ0n) is 6.66. The molecule has 0 saturated carbocycles. The van der Waals surface area contributed by atoms with Gasteiger partial charge in [0.1, 0.15) is 6.42 Å². The summed E-state index contributed by atoms with van der Waals surface area (Å²) in [6.45, 7) is 0. The van der Waals surface area contributed by atoms with Crippen LogP contribution in [0.2, 0.25) is 0 Å². The summed E-state index contributed by atoms with van der Waals surface area (Å²) in [5.41, 5.74) is 0.447. The van der Waals surface area contributed by atoms with Crippen LogP contribution in [-0.2, 0) is 4.79 Å². The first-order valence-corrected chi connectivity index (χ1v) is 4.68. The molecule has 0 amide bonds. The summed E-state index contributed by atoms with van der Waals surface area (Å²) in [5.74, 6) is -1.45. The van der Waals surface area contributed by atoms with Gasteiger partial charge in [0.25, 0.3) is 0 Å². The Morgan fingerprint density at radius 1 is 1.23 bits per heavy atom. The SMILES string of the molecule is O=C(O)CC(=O)c1ccc(I)cc1. The van der Waals surface area contributed by atoms with Crippen molar-refractivity contribution in [3.8, 4) is 0 Å². The molecule has 0 bridgehead atoms. The molecule has 0 fully saturated rings. The minimum absolute atomic E-state index is 0.357. The third-order valence-electron chi connectivity index (χ3n) is 1.48. The lowest BCUT2D eigenvalue weighted by atomic mass is 10.1. The molecule has 1 N–H and O–H groups in total. The summed E-state index contributed by atoms with van der Waals surface area (Å²) in [6.07, 6.45) is -0.444. The van der Waals surface area contributed by atoms with Crippen LogP contribution in [0.25, 0.3) is 0 Å². The van der Waals surface area contributed by atoms with Crippen LogP contribution in [0.5, 0.6) is 0 Å². The average Bonchev–Trinajstić information content (AvgIpc) is 2.04. The number of carbonyl (C=O) groups excluding carboxylic acids is 1. The largest absolute Gasteiger partial charge is 0.481 e. The molecule has 0 atom stereocenters. The van der Waals surface area contributed by atoms with Crippen LogP contribution >= 0.6 is 22.6 Å². The van der Waals surface area contributed by atoms with Gasteiger partial charge in [-0.25, -0.2) is 0 Å². The number of Topliss-reactive ketones (excluding diaryl/α,β-unsaturated/α-hetero) is 1. The second-order valence-corrected chi connectivity index (χ2v) is 3.75. The molecule has 0 heterocycles. The molecule has 68 valence electrons. The van der Waals surface area contributed by atoms with Gasteiger partial charge in [-0.05, 0) is 34.7 Å². The van der Waals surface area contributed by atoms with Crippen LogP contribution in [-0.4, -0.2) is 16.9 Å². The van der Waals surface area contributed by atoms with Crippen molar-refractivity contribution in [1.29, 1.82) is 0 Å². The zero-order chi connectivity index (χ0) is 9.84. The maximum absolute atomic E-state index is 11.2. The van der Waals surface area contributed by atoms with E-state index in [2.05, 4.69) is 22.6 Å². The van der Waals surface area contributed by atoms with Crippen molar-refractivity contribution >= 4 is 34.3 Å². The molecule has 13 heavy (non-hydrogen) atoms. The van der Waals surface area contributed by atoms with Crippen LogP contribution < -0.4 is 0 Å². The highest BCUT2D eigenvalue weighted by Gasteiger charge is 2.09. The molecule has 1 aromatic carbocycles. The lowest BCUT2D eigenvalue weighted by molar-refractivity contribution is -0.135. The molecule has 1 rings (SSSR count). The Morgan fingerprint density at radius 2 is 1.77 bits per heavy atom. The van der Waals surface area contributed by atoms with Gasteiger partial charge < -0.3 is 5.11 Å². The number of benzene rings is 1. The van der Waals surface area contributed by atoms with E-state index in [0.717, 1.165) is 3.57 Å². The van der Waals surface area contributed by atoms with E-state index >= 15 is 0 Å². The highest BCUT2D eigenvalue weighted by molar-refractivity contribution is 14.1. The summed E-state index contributed by atoms with van der Waals surface area (Å²) in [6, 6.07) is 6.81. The average molecular weight is 290 g/mol. The molecule has 3 nitrogen and oxygen atoms in total. The standard InChI is InChI=1S/C9H7IO3/c10-7-3-1-6(2-4-7)8(11)5-9(12)13/h1-4H,5H2,(H,12,13). The van der Waals surface area contributed by atoms with Gasteiger partial charge in [0.2, 0.25) is 0 Å². The summed E-state index contributed by atoms with van der Waals surface area (Å²) in [5, 5.41) is 8.38. The number of carbonyl (C=O) groups is 2. The zero-order valence-corrected chi connectivity index (χ0v) is 8.82. The Morgan fingerprint density at radius 3 is 2.23 bits per heavy atom. The molecule has 0 unspecified atom stereocenters. The molecule has 0 saturated heterocycles. The maximum atomic E-state index is 11.2. The van der Waals surface area contributed by atoms with Crippen LogP contribution in [0.3, 0.4) is 0 Å². The van der Waals surface area contributed by atoms with Gasteiger partial charge in [0.15, 0.2) is 5.78 Å². The third-order valence-corrected chi connectivity index (χ3v) is 2.20. The number of halogens is 1. The van der Waals surface area contributed by atoms with Crippen molar-refractivity contribution in [2.75, 3.05) is 0 Å². The molecule has 0 radical (unpaired) electrons. The van der Waals surface area contributed by atoms with E-state index in [-0.39, 0.29) is 5.78 Å². The van der Waals surface area contributed by atoms with Gasteiger partial charge in [0.05, 0.1) is 0 Å². The summed E-state index contributed by atoms with van der Waals surface area (Å²) >= 11 is 2.12. The van der Waals surface area contributed by atoms with Crippen LogP contribution in [0.15, 0.2) is 24.3 Å². The van der Waals surface area contributed by atoms with Crippen LogP contribution in [0.4, 0.5) is 0 Å². The van der Waals surface area contributed by atoms with Crippen molar-refractivity contribution in [1.82, 2.24) is 0 Å². The van der Waals surface area contributed by atoms with E-state index in [1.807, 2.05) is 0 Å². The summed E-state index contributed by atoms with van der Waals surface area (Å²) in [7, 11) is 0. The Labute approximate surface area is 88.9 Å². The van der Waals surface area contributed by atoms with Gasteiger partial charge in [-0.2, -0.15) is 0 Å². The second kappa shape index (κ2) is 4.36. The molecule has 0 aliphatic carbocycles. The Kier molecular flexibility index (Phi) is 3.41. The van der Waals surface area contributed by atoms with Crippen LogP contribution in [0, 0.1) is 3.57 Å². The number of aliphatic carboxylic acids is 1. The molecular formula is C9H7IO3. The van der Waals surface area contributed by atoms with E-state index < -0.39 is 12.4 Å². The summed E-state index contributed by atoms with van der Waals surface area (Å²) < 4.78 is 1.02. The van der Waals surface area contributed by atoms with E-state index in [9.17, 15) is 9.59 Å². The fourth-order valence-corrected chi connectivity index (χ4v) is 1.23. The normalized spacial score (nSPS) is 9.62. The molecule has 0 spiro atoms. The van der Waals surface area contributed by atoms with Gasteiger partial charge in [-0.15, -0.1) is 0 Å². The monoisotopic (exact) mass is 290 g/mol. The predicted octanol–water partition coefficient (Wildman–Crippen LogP) is 1.95. The first-order chi connectivity index (χ1) is 6.09. The minimum atomic E-state index is -1.09. The van der Waals surface area contributed by atoms with E-state index in [1.54, 1.807) is 24.3 Å². The smallest absolute Gasteiger partial charge is 0.311 e. The molecule has 0 aliphatic rings. The lowest BCUT2D eigenvalue weighted by Gasteiger charge is -1.97. The van der Waals surface area contributed by atoms with Gasteiger partial charge in [0, 0.05) is 9.13 Å². The second-order valence-electron chi connectivity index (χ2n) is 2.50. The van der Waals surface area contributed by atoms with Crippen molar-refractivity contribution in [3.63, 3.8) is 0 Å². The van der Waals surface area contributed by atoms with Crippen molar-refractivity contribution < 1.29 is 14.7 Å². The maximum Gasteiger partial charge on any atom is 0.311 e. The van der Waals surface area contributed by atoms with Gasteiger partial charge in [-0.3, -0.25) is 9.59 Å². The fourth-order valence-electron chi connectivity index (χ4n) is 0.875. The predicted molar refractivity (Wildman–Crippen MR) is 55.7 cm³/mol. The number of hydrogen-bond acceptors (Lipinski definition) is 2. The number of ketones is 1. The third kappa shape index (κ3) is 3.14. The van der Waals surface area contributed by atoms with Crippen molar-refractivity contribution in [3.05, 3.63) is 33.4 Å². The number of carboxylic acid groups (broad SMARTS) is 1. The van der Waals surface area contributed by atoms with Gasteiger partial charge >= 0.3 is 5.97 Å². The van der Waals surface area contributed by atoms with Crippen molar-refractivity contribution in [2.45, 2.75) is 6.42 Å². The highest BCUT2D eigenvalue weighted by atomic mass is 127. The highest BCUT2D eigenvalue weighted by Crippen LogP contribution is 2.08. The van der Waals surface area contributed by atoms with Gasteiger partial charge in [-0.1, -0.05) is 12.1 Å². The van der Waals surface area contributed by atoms with Crippen LogP contribution in [0.1, 0.15) is 16.8 Å². The lowest BCUT2D eigenvalue weighted by Crippen LogP contribution is -2.06. The summed E-state index contributed by atoms with van der Waals surface area (Å²) in [4.78, 5) is 21.4. The van der Waals surface area contributed by atoms with Crippen molar-refractivity contribution in [2.24, 2.45) is 0 Å². The fraction of sp³-hybridized carbons (Fsp3) is 0.111. The number of hydrogen-bond donors (Lipinski definition) is 1. The molecule has 1 aromatic rings. The number of carboxylic acids is 1. The Hall–Kier alpha value is -0.910. The molecule has 0 aromatic heterocycles. The van der Waals surface area contributed by atoms with E-state index in [1.165, 1.54) is 0 Å². The Bertz CT molecular complexity index is 329. The minimum Gasteiger partial charge on any atom is -0.481 e. The quantitative estimate of drug-likeness (QED) is 0.526. The topological polar surface area (TPSA) is 54.4 Å². The molecular weight excluding hydrogens is 283 g/mol. The van der Waals surface area contributed by atoms with E-state index in [0.29, 0.717) is 5.56 Å².